The van der Waals surface area contributed by atoms with Crippen LogP contribution >= 0.6 is 24.0 Å². The second-order valence-electron chi connectivity index (χ2n) is 5.27. The van der Waals surface area contributed by atoms with Gasteiger partial charge in [-0.25, -0.2) is 4.99 Å². The van der Waals surface area contributed by atoms with Crippen LogP contribution in [0, 0.1) is 0 Å². The molecule has 19 heavy (non-hydrogen) atoms. The number of hydrogen-bond donors (Lipinski definition) is 2. The van der Waals surface area contributed by atoms with Crippen LogP contribution in [0.1, 0.15) is 44.9 Å². The second kappa shape index (κ2) is 8.60. The van der Waals surface area contributed by atoms with Gasteiger partial charge in [-0.2, -0.15) is 0 Å². The Kier molecular flexibility index (Phi) is 7.48. The van der Waals surface area contributed by atoms with Crippen molar-refractivity contribution in [1.29, 1.82) is 0 Å². The van der Waals surface area contributed by atoms with Crippen LogP contribution in [0.4, 0.5) is 0 Å². The van der Waals surface area contributed by atoms with Gasteiger partial charge in [0.05, 0.1) is 0 Å². The van der Waals surface area contributed by atoms with E-state index >= 15 is 0 Å². The summed E-state index contributed by atoms with van der Waals surface area (Å²) in [6.45, 7) is 1.94. The van der Waals surface area contributed by atoms with E-state index in [4.69, 9.17) is 5.73 Å². The topological polar surface area (TPSA) is 70.7 Å². The van der Waals surface area contributed by atoms with Gasteiger partial charge < -0.3 is 16.0 Å². The third-order valence-electron chi connectivity index (χ3n) is 3.80. The molecule has 1 heterocycles. The predicted octanol–water partition coefficient (Wildman–Crippen LogP) is 1.46. The summed E-state index contributed by atoms with van der Waals surface area (Å²) in [6, 6.07) is 0.457. The van der Waals surface area contributed by atoms with Crippen molar-refractivity contribution >= 4 is 35.8 Å². The number of piperidine rings is 1. The van der Waals surface area contributed by atoms with E-state index in [0.717, 1.165) is 38.8 Å². The lowest BCUT2D eigenvalue weighted by Crippen LogP contribution is -2.41. The Morgan fingerprint density at radius 3 is 2.42 bits per heavy atom. The van der Waals surface area contributed by atoms with Crippen molar-refractivity contribution in [3.63, 3.8) is 0 Å². The zero-order chi connectivity index (χ0) is 12.8. The number of halogens is 1. The summed E-state index contributed by atoms with van der Waals surface area (Å²) in [5.41, 5.74) is 5.80. The minimum Gasteiger partial charge on any atom is -0.370 e. The van der Waals surface area contributed by atoms with Gasteiger partial charge in [0.15, 0.2) is 5.96 Å². The monoisotopic (exact) mass is 380 g/mol. The average Bonchev–Trinajstić information content (AvgIpc) is 2.90. The SMILES string of the molecule is I.NC(=NCC(=O)N1CCCCC1)NC1CCCC1. The minimum absolute atomic E-state index is 0. The van der Waals surface area contributed by atoms with Crippen molar-refractivity contribution in [3.05, 3.63) is 0 Å². The third kappa shape index (κ3) is 5.54. The second-order valence-corrected chi connectivity index (χ2v) is 5.27. The molecule has 3 N–H and O–H groups in total. The van der Waals surface area contributed by atoms with Gasteiger partial charge in [-0.05, 0) is 32.1 Å². The van der Waals surface area contributed by atoms with E-state index in [9.17, 15) is 4.79 Å². The van der Waals surface area contributed by atoms with Crippen LogP contribution < -0.4 is 11.1 Å². The van der Waals surface area contributed by atoms with E-state index < -0.39 is 0 Å². The number of amides is 1. The summed E-state index contributed by atoms with van der Waals surface area (Å²) in [6.07, 6.45) is 8.32. The van der Waals surface area contributed by atoms with Crippen LogP contribution in [-0.4, -0.2) is 42.4 Å². The highest BCUT2D eigenvalue weighted by atomic mass is 127. The first-order valence-corrected chi connectivity index (χ1v) is 7.10. The number of nitrogens with one attached hydrogen (secondary N) is 1. The molecule has 0 aromatic rings. The van der Waals surface area contributed by atoms with Gasteiger partial charge in [0, 0.05) is 19.1 Å². The minimum atomic E-state index is 0. The maximum Gasteiger partial charge on any atom is 0.244 e. The number of guanidine groups is 1. The first-order valence-electron chi connectivity index (χ1n) is 7.10. The molecule has 0 spiro atoms. The highest BCUT2D eigenvalue weighted by Crippen LogP contribution is 2.17. The molecular weight excluding hydrogens is 355 g/mol. The Morgan fingerprint density at radius 1 is 1.16 bits per heavy atom. The molecule has 2 fully saturated rings. The molecule has 2 aliphatic rings. The van der Waals surface area contributed by atoms with Crippen molar-refractivity contribution in [2.45, 2.75) is 51.0 Å². The number of carbonyl (C=O) groups excluding carboxylic acids is 1. The number of rotatable bonds is 3. The van der Waals surface area contributed by atoms with E-state index in [-0.39, 0.29) is 36.4 Å². The van der Waals surface area contributed by atoms with Gasteiger partial charge in [0.25, 0.3) is 0 Å². The van der Waals surface area contributed by atoms with Crippen LogP contribution in [0.3, 0.4) is 0 Å². The maximum atomic E-state index is 11.9. The number of nitrogens with two attached hydrogens (primary N) is 1. The molecule has 1 amide bonds. The van der Waals surface area contributed by atoms with Gasteiger partial charge in [0.1, 0.15) is 6.54 Å². The maximum absolute atomic E-state index is 11.9. The van der Waals surface area contributed by atoms with E-state index in [1.807, 2.05) is 4.90 Å². The number of aliphatic imine (C=N–C) groups is 1. The fourth-order valence-corrected chi connectivity index (χ4v) is 2.72. The molecule has 1 saturated heterocycles. The van der Waals surface area contributed by atoms with Crippen molar-refractivity contribution < 1.29 is 4.79 Å². The number of hydrogen-bond acceptors (Lipinski definition) is 2. The lowest BCUT2D eigenvalue weighted by Gasteiger charge is -2.26. The smallest absolute Gasteiger partial charge is 0.244 e. The van der Waals surface area contributed by atoms with Crippen LogP contribution in [0.25, 0.3) is 0 Å². The van der Waals surface area contributed by atoms with Gasteiger partial charge in [-0.15, -0.1) is 24.0 Å². The first-order chi connectivity index (χ1) is 8.75. The summed E-state index contributed by atoms with van der Waals surface area (Å²) in [5, 5.41) is 3.19. The van der Waals surface area contributed by atoms with Crippen molar-refractivity contribution in [2.24, 2.45) is 10.7 Å². The lowest BCUT2D eigenvalue weighted by molar-refractivity contribution is -0.130. The molecule has 110 valence electrons. The number of carbonyl (C=O) groups is 1. The summed E-state index contributed by atoms with van der Waals surface area (Å²) < 4.78 is 0. The van der Waals surface area contributed by atoms with E-state index in [1.54, 1.807) is 0 Å². The fourth-order valence-electron chi connectivity index (χ4n) is 2.72. The van der Waals surface area contributed by atoms with Gasteiger partial charge in [0.2, 0.25) is 5.91 Å². The Balaban J connectivity index is 0.00000180. The largest absolute Gasteiger partial charge is 0.370 e. The molecule has 5 nitrogen and oxygen atoms in total. The molecule has 0 unspecified atom stereocenters. The zero-order valence-electron chi connectivity index (χ0n) is 11.4. The quantitative estimate of drug-likeness (QED) is 0.443. The van der Waals surface area contributed by atoms with Crippen molar-refractivity contribution in [3.8, 4) is 0 Å². The average molecular weight is 380 g/mol. The van der Waals surface area contributed by atoms with E-state index in [0.29, 0.717) is 12.0 Å². The summed E-state index contributed by atoms with van der Waals surface area (Å²) in [5.74, 6) is 0.526. The normalized spacial score (nSPS) is 21.1. The number of likely N-dealkylation sites (tertiary alicyclic amines) is 1. The molecule has 0 aromatic heterocycles. The van der Waals surface area contributed by atoms with Crippen molar-refractivity contribution in [2.75, 3.05) is 19.6 Å². The molecule has 0 radical (unpaired) electrons. The molecule has 0 aromatic carbocycles. The molecule has 6 heteroatoms. The highest BCUT2D eigenvalue weighted by Gasteiger charge is 2.17. The van der Waals surface area contributed by atoms with Gasteiger partial charge in [-0.3, -0.25) is 4.79 Å². The summed E-state index contributed by atoms with van der Waals surface area (Å²) in [7, 11) is 0. The van der Waals surface area contributed by atoms with Crippen LogP contribution in [-0.2, 0) is 4.79 Å². The van der Waals surface area contributed by atoms with E-state index in [1.165, 1.54) is 19.3 Å². The third-order valence-corrected chi connectivity index (χ3v) is 3.80. The van der Waals surface area contributed by atoms with Crippen LogP contribution in [0.15, 0.2) is 4.99 Å². The van der Waals surface area contributed by atoms with Crippen molar-refractivity contribution in [1.82, 2.24) is 10.2 Å². The Bertz CT molecular complexity index is 310. The predicted molar refractivity (Wildman–Crippen MR) is 87.7 cm³/mol. The number of nitrogens with zero attached hydrogens (tertiary/aromatic N) is 2. The Hall–Kier alpha value is -0.530. The molecule has 0 atom stereocenters. The highest BCUT2D eigenvalue weighted by molar-refractivity contribution is 14.0. The Morgan fingerprint density at radius 2 is 1.79 bits per heavy atom. The summed E-state index contributed by atoms with van der Waals surface area (Å²) in [4.78, 5) is 17.9. The molecule has 1 aliphatic heterocycles. The van der Waals surface area contributed by atoms with Gasteiger partial charge >= 0.3 is 0 Å². The van der Waals surface area contributed by atoms with Crippen LogP contribution in [0.2, 0.25) is 0 Å². The lowest BCUT2D eigenvalue weighted by atomic mass is 10.1. The zero-order valence-corrected chi connectivity index (χ0v) is 13.8. The van der Waals surface area contributed by atoms with Crippen LogP contribution in [0.5, 0.6) is 0 Å². The fraction of sp³-hybridized carbons (Fsp3) is 0.846. The van der Waals surface area contributed by atoms with E-state index in [2.05, 4.69) is 10.3 Å². The molecule has 0 bridgehead atoms. The standard InChI is InChI=1S/C13H24N4O.HI/c14-13(16-11-6-2-3-7-11)15-10-12(18)17-8-4-1-5-9-17;/h11H,1-10H2,(H3,14,15,16);1H. The molecule has 1 saturated carbocycles. The Labute approximate surface area is 132 Å². The first kappa shape index (κ1) is 16.5. The molecule has 1 aliphatic carbocycles. The molecule has 2 rings (SSSR count). The van der Waals surface area contributed by atoms with Gasteiger partial charge in [-0.1, -0.05) is 12.8 Å². The molecular formula is C13H25IN4O. The summed E-state index contributed by atoms with van der Waals surface area (Å²) >= 11 is 0.